The molecule has 1 atom stereocenters. The van der Waals surface area contributed by atoms with Gasteiger partial charge in [-0.05, 0) is 36.5 Å². The number of hydrogen-bond acceptors (Lipinski definition) is 3. The molecule has 0 radical (unpaired) electrons. The van der Waals surface area contributed by atoms with E-state index in [-0.39, 0.29) is 11.5 Å². The van der Waals surface area contributed by atoms with Gasteiger partial charge < -0.3 is 14.7 Å². The van der Waals surface area contributed by atoms with Crippen LogP contribution >= 0.6 is 0 Å². The summed E-state index contributed by atoms with van der Waals surface area (Å²) in [5.74, 6) is -0.314. The molecule has 5 nitrogen and oxygen atoms in total. The van der Waals surface area contributed by atoms with Gasteiger partial charge in [0.15, 0.2) is 0 Å². The molecular formula is C16H21NO4. The Morgan fingerprint density at radius 3 is 2.62 bits per heavy atom. The van der Waals surface area contributed by atoms with Gasteiger partial charge in [-0.1, -0.05) is 12.1 Å². The van der Waals surface area contributed by atoms with E-state index in [1.165, 1.54) is 0 Å². The number of carboxylic acid groups (broad SMARTS) is 1. The molecule has 0 saturated carbocycles. The Kier molecular flexibility index (Phi) is 5.33. The number of carbonyl (C=O) groups excluding carboxylic acids is 1. The van der Waals surface area contributed by atoms with Crippen molar-refractivity contribution in [1.82, 2.24) is 4.90 Å². The third kappa shape index (κ3) is 4.56. The average Bonchev–Trinajstić information content (AvgIpc) is 2.98. The molecule has 0 spiro atoms. The molecule has 1 unspecified atom stereocenters. The fourth-order valence-corrected chi connectivity index (χ4v) is 2.44. The smallest absolute Gasteiger partial charge is 0.335 e. The minimum Gasteiger partial charge on any atom is -0.478 e. The summed E-state index contributed by atoms with van der Waals surface area (Å²) in [6.07, 6.45) is 2.46. The number of carboxylic acids is 1. The molecule has 1 aliphatic rings. The van der Waals surface area contributed by atoms with Crippen LogP contribution in [0.1, 0.15) is 35.2 Å². The molecule has 1 amide bonds. The van der Waals surface area contributed by atoms with Gasteiger partial charge in [0.25, 0.3) is 0 Å². The molecule has 0 bridgehead atoms. The van der Waals surface area contributed by atoms with Crippen LogP contribution in [0.4, 0.5) is 0 Å². The highest BCUT2D eigenvalue weighted by Crippen LogP contribution is 2.18. The minimum atomic E-state index is -0.940. The fraction of sp³-hybridized carbons (Fsp3) is 0.500. The Hall–Kier alpha value is -1.88. The lowest BCUT2D eigenvalue weighted by Crippen LogP contribution is -2.26. The second-order valence-corrected chi connectivity index (χ2v) is 5.52. The lowest BCUT2D eigenvalue weighted by molar-refractivity contribution is -0.130. The van der Waals surface area contributed by atoms with E-state index in [0.29, 0.717) is 18.9 Å². The van der Waals surface area contributed by atoms with Crippen LogP contribution in [-0.4, -0.2) is 42.1 Å². The maximum atomic E-state index is 12.1. The molecule has 114 valence electrons. The first-order chi connectivity index (χ1) is 10.1. The van der Waals surface area contributed by atoms with E-state index in [2.05, 4.69) is 0 Å². The standard InChI is InChI=1S/C16H21NO4/c1-17(15(18)7-4-13-8-9-21-11-13)10-12-2-5-14(6-3-12)16(19)20/h2-3,5-6,13H,4,7-11H2,1H3,(H,19,20). The van der Waals surface area contributed by atoms with Crippen LogP contribution in [0.2, 0.25) is 0 Å². The molecule has 5 heteroatoms. The number of benzene rings is 1. The van der Waals surface area contributed by atoms with Crippen LogP contribution in [0.15, 0.2) is 24.3 Å². The summed E-state index contributed by atoms with van der Waals surface area (Å²) in [5.41, 5.74) is 1.19. The van der Waals surface area contributed by atoms with Crippen LogP contribution in [0.25, 0.3) is 0 Å². The first-order valence-electron chi connectivity index (χ1n) is 7.20. The van der Waals surface area contributed by atoms with Gasteiger partial charge in [-0.25, -0.2) is 4.79 Å². The highest BCUT2D eigenvalue weighted by atomic mass is 16.5. The van der Waals surface area contributed by atoms with Crippen LogP contribution in [0.5, 0.6) is 0 Å². The fourth-order valence-electron chi connectivity index (χ4n) is 2.44. The molecule has 1 aliphatic heterocycles. The normalized spacial score (nSPS) is 17.7. The number of amides is 1. The number of carbonyl (C=O) groups is 2. The number of ether oxygens (including phenoxy) is 1. The highest BCUT2D eigenvalue weighted by Gasteiger charge is 2.18. The van der Waals surface area contributed by atoms with E-state index >= 15 is 0 Å². The highest BCUT2D eigenvalue weighted by molar-refractivity contribution is 5.87. The predicted octanol–water partition coefficient (Wildman–Crippen LogP) is 2.16. The largest absolute Gasteiger partial charge is 0.478 e. The Bertz CT molecular complexity index is 492. The summed E-state index contributed by atoms with van der Waals surface area (Å²) < 4.78 is 5.30. The number of nitrogens with zero attached hydrogens (tertiary/aromatic N) is 1. The Balaban J connectivity index is 1.80. The Morgan fingerprint density at radius 2 is 2.05 bits per heavy atom. The van der Waals surface area contributed by atoms with Crippen molar-refractivity contribution in [2.24, 2.45) is 5.92 Å². The van der Waals surface area contributed by atoms with E-state index in [0.717, 1.165) is 31.6 Å². The number of rotatable bonds is 6. The van der Waals surface area contributed by atoms with Gasteiger partial charge in [-0.3, -0.25) is 4.79 Å². The molecule has 1 aromatic rings. The Labute approximate surface area is 124 Å². The minimum absolute atomic E-state index is 0.115. The van der Waals surface area contributed by atoms with Crippen molar-refractivity contribution in [2.75, 3.05) is 20.3 Å². The summed E-state index contributed by atoms with van der Waals surface area (Å²) in [7, 11) is 1.78. The van der Waals surface area contributed by atoms with Crippen LogP contribution < -0.4 is 0 Å². The lowest BCUT2D eigenvalue weighted by atomic mass is 10.0. The molecule has 21 heavy (non-hydrogen) atoms. The molecule has 0 aliphatic carbocycles. The Morgan fingerprint density at radius 1 is 1.33 bits per heavy atom. The quantitative estimate of drug-likeness (QED) is 0.872. The van der Waals surface area contributed by atoms with E-state index in [1.54, 1.807) is 36.2 Å². The summed E-state index contributed by atoms with van der Waals surface area (Å²) in [6, 6.07) is 6.62. The van der Waals surface area contributed by atoms with E-state index < -0.39 is 5.97 Å². The number of hydrogen-bond donors (Lipinski definition) is 1. The van der Waals surface area contributed by atoms with Crippen molar-refractivity contribution in [3.05, 3.63) is 35.4 Å². The zero-order valence-corrected chi connectivity index (χ0v) is 12.2. The molecular weight excluding hydrogens is 270 g/mol. The van der Waals surface area contributed by atoms with Gasteiger partial charge in [-0.15, -0.1) is 0 Å². The van der Waals surface area contributed by atoms with Crippen molar-refractivity contribution in [2.45, 2.75) is 25.8 Å². The predicted molar refractivity (Wildman–Crippen MR) is 78.0 cm³/mol. The second-order valence-electron chi connectivity index (χ2n) is 5.52. The van der Waals surface area contributed by atoms with Crippen molar-refractivity contribution < 1.29 is 19.4 Å². The second kappa shape index (κ2) is 7.22. The monoisotopic (exact) mass is 291 g/mol. The topological polar surface area (TPSA) is 66.8 Å². The number of aromatic carboxylic acids is 1. The van der Waals surface area contributed by atoms with Gasteiger partial charge >= 0.3 is 5.97 Å². The zero-order valence-electron chi connectivity index (χ0n) is 12.2. The first-order valence-corrected chi connectivity index (χ1v) is 7.20. The van der Waals surface area contributed by atoms with Gasteiger partial charge in [0.2, 0.25) is 5.91 Å². The van der Waals surface area contributed by atoms with Gasteiger partial charge in [-0.2, -0.15) is 0 Å². The summed E-state index contributed by atoms with van der Waals surface area (Å²) in [6.45, 7) is 2.08. The van der Waals surface area contributed by atoms with Gasteiger partial charge in [0, 0.05) is 33.2 Å². The summed E-state index contributed by atoms with van der Waals surface area (Å²) in [5, 5.41) is 8.84. The van der Waals surface area contributed by atoms with E-state index in [9.17, 15) is 9.59 Å². The first kappa shape index (κ1) is 15.5. The molecule has 1 N–H and O–H groups in total. The van der Waals surface area contributed by atoms with Crippen LogP contribution in [-0.2, 0) is 16.1 Å². The third-order valence-corrected chi connectivity index (χ3v) is 3.84. The van der Waals surface area contributed by atoms with Crippen LogP contribution in [0.3, 0.4) is 0 Å². The molecule has 1 aromatic carbocycles. The molecule has 0 aromatic heterocycles. The van der Waals surface area contributed by atoms with E-state index in [4.69, 9.17) is 9.84 Å². The SMILES string of the molecule is CN(Cc1ccc(C(=O)O)cc1)C(=O)CCC1CCOC1. The van der Waals surface area contributed by atoms with Crippen LogP contribution in [0, 0.1) is 5.92 Å². The average molecular weight is 291 g/mol. The molecule has 2 rings (SSSR count). The molecule has 1 saturated heterocycles. The van der Waals surface area contributed by atoms with Crippen molar-refractivity contribution >= 4 is 11.9 Å². The van der Waals surface area contributed by atoms with Gasteiger partial charge in [0.1, 0.15) is 0 Å². The molecule has 1 heterocycles. The van der Waals surface area contributed by atoms with E-state index in [1.807, 2.05) is 0 Å². The van der Waals surface area contributed by atoms with Crippen molar-refractivity contribution in [3.8, 4) is 0 Å². The van der Waals surface area contributed by atoms with Crippen molar-refractivity contribution in [3.63, 3.8) is 0 Å². The van der Waals surface area contributed by atoms with Crippen molar-refractivity contribution in [1.29, 1.82) is 0 Å². The summed E-state index contributed by atoms with van der Waals surface area (Å²) >= 11 is 0. The summed E-state index contributed by atoms with van der Waals surface area (Å²) in [4.78, 5) is 24.5. The maximum Gasteiger partial charge on any atom is 0.335 e. The third-order valence-electron chi connectivity index (χ3n) is 3.84. The lowest BCUT2D eigenvalue weighted by Gasteiger charge is -2.18. The zero-order chi connectivity index (χ0) is 15.2. The van der Waals surface area contributed by atoms with Gasteiger partial charge in [0.05, 0.1) is 5.56 Å². The maximum absolute atomic E-state index is 12.1. The molecule has 1 fully saturated rings.